The van der Waals surface area contributed by atoms with Crippen molar-refractivity contribution in [3.05, 3.63) is 40.9 Å². The number of para-hydroxylation sites is 1. The van der Waals surface area contributed by atoms with Gasteiger partial charge in [0.2, 0.25) is 0 Å². The van der Waals surface area contributed by atoms with Gasteiger partial charge in [-0.1, -0.05) is 44.1 Å². The van der Waals surface area contributed by atoms with Gasteiger partial charge >= 0.3 is 0 Å². The second-order valence-electron chi connectivity index (χ2n) is 7.87. The summed E-state index contributed by atoms with van der Waals surface area (Å²) in [6.07, 6.45) is 10.6. The van der Waals surface area contributed by atoms with Crippen LogP contribution in [0.2, 0.25) is 0 Å². The summed E-state index contributed by atoms with van der Waals surface area (Å²) in [7, 11) is 3.02. The van der Waals surface area contributed by atoms with Crippen LogP contribution in [0.1, 0.15) is 63.0 Å². The highest BCUT2D eigenvalue weighted by Gasteiger charge is 2.54. The predicted molar refractivity (Wildman–Crippen MR) is 109 cm³/mol. The highest BCUT2D eigenvalue weighted by molar-refractivity contribution is 7.23. The Morgan fingerprint density at radius 1 is 1.33 bits per heavy atom. The van der Waals surface area contributed by atoms with Gasteiger partial charge in [-0.15, -0.1) is 20.6 Å². The van der Waals surface area contributed by atoms with E-state index in [9.17, 15) is 0 Å². The minimum Gasteiger partial charge on any atom is -0.241 e. The van der Waals surface area contributed by atoms with Gasteiger partial charge in [-0.25, -0.2) is 4.98 Å². The predicted octanol–water partition coefficient (Wildman–Crippen LogP) is 6.77. The fourth-order valence-electron chi connectivity index (χ4n) is 4.81. The molecule has 3 heteroatoms. The van der Waals surface area contributed by atoms with E-state index < -0.39 is 0 Å². The molecule has 4 unspecified atom stereocenters. The van der Waals surface area contributed by atoms with Gasteiger partial charge in [0.15, 0.2) is 0 Å². The fraction of sp³-hybridized carbons (Fsp3) is 0.571. The summed E-state index contributed by atoms with van der Waals surface area (Å²) >= 11 is 1.85. The second kappa shape index (κ2) is 6.54. The van der Waals surface area contributed by atoms with Crippen molar-refractivity contribution in [2.75, 3.05) is 0 Å². The molecule has 0 aliphatic heterocycles. The van der Waals surface area contributed by atoms with Crippen molar-refractivity contribution in [3.63, 3.8) is 0 Å². The average Bonchev–Trinajstić information content (AvgIpc) is 3.26. The molecule has 4 rings (SSSR count). The molecule has 4 atom stereocenters. The van der Waals surface area contributed by atoms with Crippen LogP contribution >= 0.6 is 20.6 Å². The Bertz CT molecular complexity index is 725. The van der Waals surface area contributed by atoms with Crippen molar-refractivity contribution in [1.82, 2.24) is 4.98 Å². The molecule has 2 aliphatic rings. The number of thiazole rings is 1. The van der Waals surface area contributed by atoms with E-state index in [4.69, 9.17) is 4.98 Å². The van der Waals surface area contributed by atoms with Gasteiger partial charge in [0.1, 0.15) is 5.01 Å². The van der Waals surface area contributed by atoms with Crippen molar-refractivity contribution < 1.29 is 0 Å². The number of nitrogens with zero attached hydrogens (tertiary/aromatic N) is 1. The third kappa shape index (κ3) is 2.97. The molecule has 0 saturated heterocycles. The zero-order valence-corrected chi connectivity index (χ0v) is 16.8. The van der Waals surface area contributed by atoms with Gasteiger partial charge in [-0.2, -0.15) is 0 Å². The number of benzene rings is 1. The van der Waals surface area contributed by atoms with Crippen LogP contribution in [-0.2, 0) is 0 Å². The van der Waals surface area contributed by atoms with Crippen LogP contribution in [0, 0.1) is 17.3 Å². The lowest BCUT2D eigenvalue weighted by Crippen LogP contribution is -2.29. The first-order valence-electron chi connectivity index (χ1n) is 9.41. The van der Waals surface area contributed by atoms with Crippen LogP contribution in [0.15, 0.2) is 35.9 Å². The van der Waals surface area contributed by atoms with Crippen LogP contribution in [0.25, 0.3) is 10.2 Å². The molecule has 24 heavy (non-hydrogen) atoms. The summed E-state index contributed by atoms with van der Waals surface area (Å²) in [5.41, 5.74) is 4.02. The van der Waals surface area contributed by atoms with Crippen molar-refractivity contribution >= 4 is 30.8 Å². The third-order valence-electron chi connectivity index (χ3n) is 6.48. The van der Waals surface area contributed by atoms with Gasteiger partial charge < -0.3 is 0 Å². The zero-order valence-electron chi connectivity index (χ0n) is 14.8. The summed E-state index contributed by atoms with van der Waals surface area (Å²) in [4.78, 5) is 4.82. The Morgan fingerprint density at radius 2 is 2.12 bits per heavy atom. The van der Waals surface area contributed by atoms with Gasteiger partial charge in [-0.3, -0.25) is 0 Å². The van der Waals surface area contributed by atoms with Gasteiger partial charge in [0, 0.05) is 5.66 Å². The lowest BCUT2D eigenvalue weighted by Gasteiger charge is -2.38. The van der Waals surface area contributed by atoms with Crippen molar-refractivity contribution in [2.45, 2.75) is 58.0 Å². The van der Waals surface area contributed by atoms with Crippen LogP contribution in [0.3, 0.4) is 0 Å². The molecule has 1 heterocycles. The third-order valence-corrected chi connectivity index (χ3v) is 8.48. The van der Waals surface area contributed by atoms with E-state index in [0.717, 1.165) is 29.2 Å². The fourth-order valence-corrected chi connectivity index (χ4v) is 6.20. The highest BCUT2D eigenvalue weighted by atomic mass is 32.1. The molecular formula is C21H28NPS. The minimum atomic E-state index is 0.446. The van der Waals surface area contributed by atoms with Crippen molar-refractivity contribution in [3.8, 4) is 0 Å². The number of hydrogen-bond donors (Lipinski definition) is 0. The number of rotatable bonds is 4. The quantitative estimate of drug-likeness (QED) is 0.435. The summed E-state index contributed by atoms with van der Waals surface area (Å²) in [5.74, 6) is 1.81. The smallest absolute Gasteiger partial charge is 0.101 e. The first-order valence-corrected chi connectivity index (χ1v) is 10.9. The summed E-state index contributed by atoms with van der Waals surface area (Å²) < 4.78 is 1.31. The Balaban J connectivity index is 1.46. The van der Waals surface area contributed by atoms with Gasteiger partial charge in [0.05, 0.1) is 10.2 Å². The Morgan fingerprint density at radius 3 is 2.83 bits per heavy atom. The molecule has 1 aromatic heterocycles. The molecule has 0 bridgehead atoms. The molecule has 1 spiro atoms. The molecule has 2 aromatic rings. The first kappa shape index (κ1) is 16.7. The van der Waals surface area contributed by atoms with E-state index in [-0.39, 0.29) is 0 Å². The molecular weight excluding hydrogens is 329 g/mol. The van der Waals surface area contributed by atoms with E-state index in [1.807, 2.05) is 11.3 Å². The maximum Gasteiger partial charge on any atom is 0.101 e. The van der Waals surface area contributed by atoms with Crippen molar-refractivity contribution in [2.24, 2.45) is 17.3 Å². The standard InChI is InChI=1S/C21H28NPS/c1-3-16-13-15(12-14(2)21(16)10-11-21)8-9-18(23)20-22-17-6-4-5-7-19(17)24-20/h4-8,14,16,18H,3,9-13,23H2,1-2H3. The topological polar surface area (TPSA) is 12.9 Å². The average molecular weight is 358 g/mol. The normalized spacial score (nSPS) is 28.5. The summed E-state index contributed by atoms with van der Waals surface area (Å²) in [6, 6.07) is 8.48. The molecule has 2 saturated carbocycles. The Hall–Kier alpha value is -0.720. The molecule has 2 fully saturated rings. The van der Waals surface area contributed by atoms with E-state index in [0.29, 0.717) is 5.66 Å². The lowest BCUT2D eigenvalue weighted by atomic mass is 9.67. The van der Waals surface area contributed by atoms with Crippen LogP contribution in [0.5, 0.6) is 0 Å². The number of aromatic nitrogens is 1. The maximum atomic E-state index is 4.82. The largest absolute Gasteiger partial charge is 0.241 e. The second-order valence-corrected chi connectivity index (χ2v) is 9.74. The number of hydrogen-bond acceptors (Lipinski definition) is 2. The van der Waals surface area contributed by atoms with Crippen molar-refractivity contribution in [1.29, 1.82) is 0 Å². The summed E-state index contributed by atoms with van der Waals surface area (Å²) in [6.45, 7) is 4.88. The van der Waals surface area contributed by atoms with E-state index in [1.54, 1.807) is 5.57 Å². The molecule has 2 aliphatic carbocycles. The molecule has 0 N–H and O–H groups in total. The van der Waals surface area contributed by atoms with E-state index in [2.05, 4.69) is 53.4 Å². The first-order chi connectivity index (χ1) is 11.6. The highest BCUT2D eigenvalue weighted by Crippen LogP contribution is 2.64. The maximum absolute atomic E-state index is 4.82. The van der Waals surface area contributed by atoms with Crippen LogP contribution < -0.4 is 0 Å². The van der Waals surface area contributed by atoms with Crippen LogP contribution in [0.4, 0.5) is 0 Å². The van der Waals surface area contributed by atoms with Gasteiger partial charge in [0.25, 0.3) is 0 Å². The minimum absolute atomic E-state index is 0.446. The number of fused-ring (bicyclic) bond motifs is 1. The molecule has 0 amide bonds. The molecule has 0 radical (unpaired) electrons. The van der Waals surface area contributed by atoms with E-state index in [1.165, 1.54) is 41.8 Å². The monoisotopic (exact) mass is 357 g/mol. The molecule has 1 nitrogen and oxygen atoms in total. The Labute approximate surface area is 152 Å². The molecule has 128 valence electrons. The number of allylic oxidation sites excluding steroid dienone is 2. The van der Waals surface area contributed by atoms with Crippen LogP contribution in [-0.4, -0.2) is 4.98 Å². The molecule has 1 aromatic carbocycles. The Kier molecular flexibility index (Phi) is 4.56. The SMILES string of the molecule is CCC1CC(=CCC(P)c2nc3ccccc3s2)CC(C)C12CC2. The zero-order chi connectivity index (χ0) is 16.7. The lowest BCUT2D eigenvalue weighted by molar-refractivity contribution is 0.169. The van der Waals surface area contributed by atoms with E-state index >= 15 is 0 Å². The van der Waals surface area contributed by atoms with Gasteiger partial charge in [-0.05, 0) is 61.5 Å². The summed E-state index contributed by atoms with van der Waals surface area (Å²) in [5, 5.41) is 1.26.